The topological polar surface area (TPSA) is 130 Å². The Morgan fingerprint density at radius 1 is 1.05 bits per heavy atom. The molecule has 2 heterocycles. The van der Waals surface area contributed by atoms with Crippen LogP contribution < -0.4 is 16.0 Å². The van der Waals surface area contributed by atoms with Gasteiger partial charge < -0.3 is 25.6 Å². The van der Waals surface area contributed by atoms with Gasteiger partial charge in [0.15, 0.2) is 0 Å². The Labute approximate surface area is 259 Å². The molecule has 2 aromatic rings. The number of aromatic nitrogens is 1. The van der Waals surface area contributed by atoms with Crippen molar-refractivity contribution in [1.82, 2.24) is 25.8 Å². The average Bonchev–Trinajstić information content (AvgIpc) is 3.58. The molecule has 0 radical (unpaired) electrons. The summed E-state index contributed by atoms with van der Waals surface area (Å²) in [5, 5.41) is 8.61. The van der Waals surface area contributed by atoms with Crippen molar-refractivity contribution >= 4 is 35.2 Å². The van der Waals surface area contributed by atoms with E-state index in [1.54, 1.807) is 37.0 Å². The lowest BCUT2D eigenvalue weighted by atomic mass is 9.85. The predicted octanol–water partition coefficient (Wildman–Crippen LogP) is 4.95. The second kappa shape index (κ2) is 14.8. The highest BCUT2D eigenvalue weighted by molar-refractivity contribution is 7.13. The number of amides is 4. The SMILES string of the molecule is Cc1ncsc1-c1ccc(CNC(=O)[C@@H]2CCCN2C(=O)[C@@H](NC(=O)CCCCNC(=O)OC(C)(C)C)C(C)(C)C)cc1. The van der Waals surface area contributed by atoms with Gasteiger partial charge in [-0.15, -0.1) is 11.3 Å². The monoisotopic (exact) mass is 613 g/mol. The van der Waals surface area contributed by atoms with Gasteiger partial charge in [-0.1, -0.05) is 45.0 Å². The highest BCUT2D eigenvalue weighted by Crippen LogP contribution is 2.28. The number of benzene rings is 1. The molecule has 3 N–H and O–H groups in total. The first-order chi connectivity index (χ1) is 20.2. The number of alkyl carbamates (subject to hydrolysis) is 1. The number of carbonyl (C=O) groups excluding carboxylic acids is 4. The third-order valence-corrected chi connectivity index (χ3v) is 8.16. The van der Waals surface area contributed by atoms with Gasteiger partial charge in [0.25, 0.3) is 0 Å². The van der Waals surface area contributed by atoms with Crippen LogP contribution in [-0.2, 0) is 25.7 Å². The molecule has 0 saturated carbocycles. The van der Waals surface area contributed by atoms with E-state index >= 15 is 0 Å². The van der Waals surface area contributed by atoms with Crippen molar-refractivity contribution in [3.05, 3.63) is 41.0 Å². The Hall–Kier alpha value is -3.47. The minimum atomic E-state index is -0.768. The third-order valence-electron chi connectivity index (χ3n) is 7.18. The molecule has 1 aliphatic heterocycles. The lowest BCUT2D eigenvalue weighted by Crippen LogP contribution is -2.57. The van der Waals surface area contributed by atoms with Crippen molar-refractivity contribution in [3.8, 4) is 10.4 Å². The summed E-state index contributed by atoms with van der Waals surface area (Å²) in [5.41, 5.74) is 3.77. The van der Waals surface area contributed by atoms with Crippen molar-refractivity contribution in [3.63, 3.8) is 0 Å². The summed E-state index contributed by atoms with van der Waals surface area (Å²) in [7, 11) is 0. The van der Waals surface area contributed by atoms with E-state index in [2.05, 4.69) is 20.9 Å². The maximum Gasteiger partial charge on any atom is 0.407 e. The van der Waals surface area contributed by atoms with Gasteiger partial charge in [-0.2, -0.15) is 0 Å². The molecule has 3 rings (SSSR count). The van der Waals surface area contributed by atoms with Crippen molar-refractivity contribution in [2.45, 2.75) is 105 Å². The quantitative estimate of drug-likeness (QED) is 0.308. The molecule has 43 heavy (non-hydrogen) atoms. The van der Waals surface area contributed by atoms with Crippen LogP contribution in [0.15, 0.2) is 29.8 Å². The number of likely N-dealkylation sites (tertiary alicyclic amines) is 1. The molecule has 1 aliphatic rings. The van der Waals surface area contributed by atoms with E-state index in [4.69, 9.17) is 4.74 Å². The van der Waals surface area contributed by atoms with E-state index in [1.165, 1.54) is 0 Å². The van der Waals surface area contributed by atoms with Gasteiger partial charge in [0.1, 0.15) is 17.7 Å². The Kier molecular flexibility index (Phi) is 11.7. The standard InChI is InChI=1S/C32H47N5O5S/c1-21-26(43-20-35-21)23-15-13-22(14-16-23)19-34-28(39)24-11-10-18-37(24)29(40)27(31(2,3)4)36-25(38)12-8-9-17-33-30(41)42-32(5,6)7/h13-16,20,24,27H,8-12,17-19H2,1-7H3,(H,33,41)(H,34,39)(H,36,38)/t24-,27+/m0/s1. The molecule has 10 nitrogen and oxygen atoms in total. The lowest BCUT2D eigenvalue weighted by Gasteiger charge is -2.35. The number of unbranched alkanes of at least 4 members (excludes halogenated alkanes) is 1. The molecular formula is C32H47N5O5S. The second-order valence-electron chi connectivity index (χ2n) is 13.1. The van der Waals surface area contributed by atoms with E-state index in [9.17, 15) is 19.2 Å². The van der Waals surface area contributed by atoms with Crippen LogP contribution in [0.2, 0.25) is 0 Å². The number of ether oxygens (including phenoxy) is 1. The third kappa shape index (κ3) is 10.3. The first kappa shape index (κ1) is 34.0. The number of nitrogens with zero attached hydrogens (tertiary/aromatic N) is 2. The summed E-state index contributed by atoms with van der Waals surface area (Å²) in [6.45, 7) is 14.3. The van der Waals surface area contributed by atoms with Crippen molar-refractivity contribution in [2.24, 2.45) is 5.41 Å². The van der Waals surface area contributed by atoms with E-state index in [0.29, 0.717) is 38.9 Å². The Balaban J connectivity index is 1.51. The minimum Gasteiger partial charge on any atom is -0.444 e. The normalized spacial score (nSPS) is 16.0. The summed E-state index contributed by atoms with van der Waals surface area (Å²) in [6, 6.07) is 6.70. The zero-order valence-corrected chi connectivity index (χ0v) is 27.4. The number of carbonyl (C=O) groups is 4. The molecule has 0 bridgehead atoms. The number of hydrogen-bond acceptors (Lipinski definition) is 7. The Morgan fingerprint density at radius 3 is 2.35 bits per heavy atom. The summed E-state index contributed by atoms with van der Waals surface area (Å²) in [5.74, 6) is -0.665. The summed E-state index contributed by atoms with van der Waals surface area (Å²) in [4.78, 5) is 58.6. The van der Waals surface area contributed by atoms with Crippen molar-refractivity contribution < 1.29 is 23.9 Å². The molecule has 4 amide bonds. The molecule has 1 aromatic heterocycles. The molecule has 1 fully saturated rings. The number of hydrogen-bond donors (Lipinski definition) is 3. The lowest BCUT2D eigenvalue weighted by molar-refractivity contribution is -0.143. The van der Waals surface area contributed by atoms with Crippen LogP contribution in [0.4, 0.5) is 4.79 Å². The van der Waals surface area contributed by atoms with Crippen LogP contribution in [0.25, 0.3) is 10.4 Å². The van der Waals surface area contributed by atoms with Crippen LogP contribution >= 0.6 is 11.3 Å². The van der Waals surface area contributed by atoms with Gasteiger partial charge in [0.05, 0.1) is 16.1 Å². The fourth-order valence-corrected chi connectivity index (χ4v) is 5.74. The van der Waals surface area contributed by atoms with Crippen LogP contribution in [0.5, 0.6) is 0 Å². The molecular weight excluding hydrogens is 566 g/mol. The molecule has 1 aromatic carbocycles. The average molecular weight is 614 g/mol. The Morgan fingerprint density at radius 2 is 1.74 bits per heavy atom. The summed E-state index contributed by atoms with van der Waals surface area (Å²) in [6.07, 6.45) is 2.19. The zero-order valence-electron chi connectivity index (χ0n) is 26.5. The van der Waals surface area contributed by atoms with Gasteiger partial charge in [0.2, 0.25) is 17.7 Å². The Bertz CT molecular complexity index is 1260. The second-order valence-corrected chi connectivity index (χ2v) is 14.0. The van der Waals surface area contributed by atoms with Crippen molar-refractivity contribution in [2.75, 3.05) is 13.1 Å². The summed E-state index contributed by atoms with van der Waals surface area (Å²) < 4.78 is 5.21. The fraction of sp³-hybridized carbons (Fsp3) is 0.594. The molecule has 0 unspecified atom stereocenters. The molecule has 0 aliphatic carbocycles. The molecule has 11 heteroatoms. The fourth-order valence-electron chi connectivity index (χ4n) is 4.93. The van der Waals surface area contributed by atoms with Gasteiger partial charge in [-0.3, -0.25) is 14.4 Å². The van der Waals surface area contributed by atoms with E-state index in [1.807, 2.05) is 57.5 Å². The van der Waals surface area contributed by atoms with E-state index in [-0.39, 0.29) is 24.1 Å². The largest absolute Gasteiger partial charge is 0.444 e. The number of thiazole rings is 1. The van der Waals surface area contributed by atoms with Gasteiger partial charge >= 0.3 is 6.09 Å². The molecule has 1 saturated heterocycles. The number of nitrogens with one attached hydrogen (secondary N) is 3. The summed E-state index contributed by atoms with van der Waals surface area (Å²) >= 11 is 1.60. The zero-order chi connectivity index (χ0) is 31.8. The maximum atomic E-state index is 13.7. The van der Waals surface area contributed by atoms with Crippen molar-refractivity contribution in [1.29, 1.82) is 0 Å². The predicted molar refractivity (Wildman–Crippen MR) is 168 cm³/mol. The van der Waals surface area contributed by atoms with Crippen LogP contribution in [0.1, 0.15) is 84.9 Å². The minimum absolute atomic E-state index is 0.190. The molecule has 236 valence electrons. The number of aryl methyl sites for hydroxylation is 1. The first-order valence-electron chi connectivity index (χ1n) is 15.0. The van der Waals surface area contributed by atoms with Gasteiger partial charge in [-0.25, -0.2) is 9.78 Å². The van der Waals surface area contributed by atoms with E-state index in [0.717, 1.165) is 28.1 Å². The maximum absolute atomic E-state index is 13.7. The smallest absolute Gasteiger partial charge is 0.407 e. The first-order valence-corrected chi connectivity index (χ1v) is 15.9. The van der Waals surface area contributed by atoms with Gasteiger partial charge in [0, 0.05) is 26.1 Å². The van der Waals surface area contributed by atoms with Gasteiger partial charge in [-0.05, 0) is 69.9 Å². The molecule has 0 spiro atoms. The highest BCUT2D eigenvalue weighted by Gasteiger charge is 2.41. The highest BCUT2D eigenvalue weighted by atomic mass is 32.1. The van der Waals surface area contributed by atoms with E-state index < -0.39 is 29.2 Å². The van der Waals surface area contributed by atoms with Crippen LogP contribution in [0.3, 0.4) is 0 Å². The van der Waals surface area contributed by atoms with Crippen LogP contribution in [0, 0.1) is 12.3 Å². The number of rotatable bonds is 11. The molecule has 2 atom stereocenters. The van der Waals surface area contributed by atoms with Crippen LogP contribution in [-0.4, -0.2) is 64.5 Å².